The molecule has 15 nitrogen and oxygen atoms in total. The van der Waals surface area contributed by atoms with Gasteiger partial charge in [-0.2, -0.15) is 0 Å². The molecule has 69 heavy (non-hydrogen) atoms. The third-order valence-corrected chi connectivity index (χ3v) is 12.3. The molecule has 4 atom stereocenters. The molecule has 15 heteroatoms. The number of Topliss-reactive ketones (excluding diaryl/α,β-unsaturated/α-hetero) is 3. The minimum Gasteiger partial charge on any atom is -0.480 e. The number of carbonyl (C=O) groups is 9. The average molecular weight is 946 g/mol. The fourth-order valence-electron chi connectivity index (χ4n) is 7.52. The largest absolute Gasteiger partial charge is 0.480 e. The number of carboxylic acid groups (broad SMARTS) is 1. The van der Waals surface area contributed by atoms with E-state index in [4.69, 9.17) is 5.73 Å². The number of carbonyl (C=O) groups excluding carboxylic acids is 8. The van der Waals surface area contributed by atoms with Gasteiger partial charge in [-0.15, -0.1) is 0 Å². The summed E-state index contributed by atoms with van der Waals surface area (Å²) in [6.07, 6.45) is -0.577. The van der Waals surface area contributed by atoms with Crippen molar-refractivity contribution in [3.63, 3.8) is 0 Å². The van der Waals surface area contributed by atoms with Crippen LogP contribution in [-0.4, -0.2) is 86.5 Å². The van der Waals surface area contributed by atoms with Crippen LogP contribution in [0.4, 0.5) is 0 Å². The van der Waals surface area contributed by atoms with Gasteiger partial charge in [0, 0.05) is 42.2 Å². The highest BCUT2D eigenvalue weighted by Crippen LogP contribution is 2.29. The molecule has 7 N–H and O–H groups in total. The number of nitrogens with one attached hydrogen (secondary N) is 4. The van der Waals surface area contributed by atoms with Crippen LogP contribution < -0.4 is 27.0 Å². The number of hydrogen-bond acceptors (Lipinski definition) is 10. The molecular formula is C54H67N5O10. The van der Waals surface area contributed by atoms with E-state index in [0.29, 0.717) is 16.7 Å². The zero-order valence-electron chi connectivity index (χ0n) is 41.3. The summed E-state index contributed by atoms with van der Waals surface area (Å²) in [4.78, 5) is 120. The molecule has 0 saturated heterocycles. The molecule has 4 aromatic carbocycles. The molecule has 0 fully saturated rings. The maximum atomic E-state index is 14.1. The quantitative estimate of drug-likeness (QED) is 0.0471. The van der Waals surface area contributed by atoms with Crippen LogP contribution in [0.1, 0.15) is 116 Å². The van der Waals surface area contributed by atoms with Crippen LogP contribution in [-0.2, 0) is 51.2 Å². The smallest absolute Gasteiger partial charge is 0.325 e. The molecule has 0 heterocycles. The summed E-state index contributed by atoms with van der Waals surface area (Å²) in [5.74, 6) is -7.38. The lowest BCUT2D eigenvalue weighted by molar-refractivity contribution is -0.143. The summed E-state index contributed by atoms with van der Waals surface area (Å²) in [6.45, 7) is 14.7. The van der Waals surface area contributed by atoms with Crippen LogP contribution >= 0.6 is 0 Å². The topological polar surface area (TPSA) is 248 Å². The second kappa shape index (κ2) is 22.5. The number of carboxylic acids is 1. The highest BCUT2D eigenvalue weighted by Gasteiger charge is 2.40. The third-order valence-electron chi connectivity index (χ3n) is 12.3. The van der Waals surface area contributed by atoms with Crippen LogP contribution in [0.5, 0.6) is 0 Å². The van der Waals surface area contributed by atoms with Gasteiger partial charge in [-0.3, -0.25) is 43.2 Å². The van der Waals surface area contributed by atoms with Crippen molar-refractivity contribution in [3.05, 3.63) is 119 Å². The Morgan fingerprint density at radius 3 is 1.65 bits per heavy atom. The van der Waals surface area contributed by atoms with Crippen LogP contribution in [0.15, 0.2) is 97.1 Å². The molecule has 4 aromatic rings. The number of fused-ring (bicyclic) bond motifs is 1. The van der Waals surface area contributed by atoms with E-state index in [-0.39, 0.29) is 43.0 Å². The molecule has 0 spiro atoms. The van der Waals surface area contributed by atoms with Crippen molar-refractivity contribution in [2.75, 3.05) is 0 Å². The minimum atomic E-state index is -1.61. The Labute approximate surface area is 404 Å². The molecular weight excluding hydrogens is 879 g/mol. The van der Waals surface area contributed by atoms with Crippen molar-refractivity contribution in [2.45, 2.75) is 130 Å². The Bertz CT molecular complexity index is 2580. The minimum absolute atomic E-state index is 0.0217. The Balaban J connectivity index is 1.47. The fraction of sp³-hybridized carbons (Fsp3) is 0.426. The summed E-state index contributed by atoms with van der Waals surface area (Å²) in [6, 6.07) is 26.4. The molecule has 0 bridgehead atoms. The van der Waals surface area contributed by atoms with E-state index in [0.717, 1.165) is 16.3 Å². The predicted octanol–water partition coefficient (Wildman–Crippen LogP) is 5.61. The van der Waals surface area contributed by atoms with Gasteiger partial charge in [-0.25, -0.2) is 0 Å². The molecule has 368 valence electrons. The van der Waals surface area contributed by atoms with Crippen molar-refractivity contribution >= 4 is 63.5 Å². The van der Waals surface area contributed by atoms with Gasteiger partial charge in [-0.05, 0) is 90.1 Å². The van der Waals surface area contributed by atoms with Crippen molar-refractivity contribution in [3.8, 4) is 0 Å². The van der Waals surface area contributed by atoms with Gasteiger partial charge in [0.05, 0.1) is 16.5 Å². The van der Waals surface area contributed by atoms with Crippen LogP contribution in [0.25, 0.3) is 10.8 Å². The summed E-state index contributed by atoms with van der Waals surface area (Å²) < 4.78 is 0. The highest BCUT2D eigenvalue weighted by atomic mass is 16.4. The second-order valence-corrected chi connectivity index (χ2v) is 20.3. The average Bonchev–Trinajstić information content (AvgIpc) is 3.27. The van der Waals surface area contributed by atoms with E-state index in [2.05, 4.69) is 21.3 Å². The number of hydrogen-bond donors (Lipinski definition) is 6. The lowest BCUT2D eigenvalue weighted by Gasteiger charge is -2.31. The highest BCUT2D eigenvalue weighted by molar-refractivity contribution is 6.09. The number of benzene rings is 4. The molecule has 4 rings (SSSR count). The zero-order chi connectivity index (χ0) is 51.6. The van der Waals surface area contributed by atoms with Gasteiger partial charge in [0.2, 0.25) is 23.6 Å². The van der Waals surface area contributed by atoms with Crippen molar-refractivity contribution in [2.24, 2.45) is 23.0 Å². The summed E-state index contributed by atoms with van der Waals surface area (Å²) in [5.41, 5.74) is 2.73. The Morgan fingerprint density at radius 2 is 1.06 bits per heavy atom. The first-order valence-corrected chi connectivity index (χ1v) is 23.0. The van der Waals surface area contributed by atoms with Gasteiger partial charge >= 0.3 is 5.97 Å². The molecule has 0 aliphatic carbocycles. The SMILES string of the molecule is CC(NC(=O)C(C)(C)NC(=O)C(CC(=O)C(C)(C)NC(=O)C(C)NC(=O)C(C)(C)CC(=O)C(CC(=O)C(C)(C)N)Cc1ccc2ccccc2c1)Cc1ccc(C(=O)c2ccccc2)cc1)C(=O)O. The van der Waals surface area contributed by atoms with Crippen LogP contribution in [0, 0.1) is 17.3 Å². The van der Waals surface area contributed by atoms with Crippen molar-refractivity contribution in [1.29, 1.82) is 0 Å². The number of ketones is 4. The standard InChI is InChI=1S/C54H67N5O10/c1-32(56-49(68)51(3,4)31-42(60)40(29-43(61)52(5,6)55)28-35-22-23-36-16-14-15-19-39(36)27-35)46(64)58-53(7,8)44(62)30-41(47(65)59-54(9,10)50(69)57-33(2)48(66)67)26-34-20-24-38(25-21-34)45(63)37-17-12-11-13-18-37/h11-25,27,32-33,40-41H,26,28-31,55H2,1-10H3,(H,56,68)(H,57,69)(H,58,64)(H,59,65)(H,66,67). The van der Waals surface area contributed by atoms with E-state index in [1.54, 1.807) is 82.3 Å². The molecule has 0 aromatic heterocycles. The Hall–Kier alpha value is -6.87. The normalized spacial score (nSPS) is 13.8. The van der Waals surface area contributed by atoms with Crippen LogP contribution in [0.3, 0.4) is 0 Å². The molecule has 0 saturated carbocycles. The van der Waals surface area contributed by atoms with E-state index in [1.807, 2.05) is 42.5 Å². The summed E-state index contributed by atoms with van der Waals surface area (Å²) in [5, 5.41) is 21.7. The predicted molar refractivity (Wildman–Crippen MR) is 263 cm³/mol. The molecule has 0 aliphatic heterocycles. The van der Waals surface area contributed by atoms with Gasteiger partial charge in [0.15, 0.2) is 17.3 Å². The lowest BCUT2D eigenvalue weighted by Crippen LogP contribution is -2.59. The zero-order valence-corrected chi connectivity index (χ0v) is 41.3. The first kappa shape index (κ1) is 54.7. The summed E-state index contributed by atoms with van der Waals surface area (Å²) in [7, 11) is 0. The Morgan fingerprint density at radius 1 is 0.551 bits per heavy atom. The maximum absolute atomic E-state index is 14.1. The van der Waals surface area contributed by atoms with Crippen LogP contribution in [0.2, 0.25) is 0 Å². The maximum Gasteiger partial charge on any atom is 0.325 e. The first-order valence-electron chi connectivity index (χ1n) is 23.0. The van der Waals surface area contributed by atoms with Gasteiger partial charge in [0.25, 0.3) is 0 Å². The fourth-order valence-corrected chi connectivity index (χ4v) is 7.52. The molecule has 0 radical (unpaired) electrons. The third kappa shape index (κ3) is 15.3. The van der Waals surface area contributed by atoms with E-state index in [1.165, 1.54) is 41.5 Å². The van der Waals surface area contributed by atoms with Crippen molar-refractivity contribution in [1.82, 2.24) is 21.3 Å². The monoisotopic (exact) mass is 945 g/mol. The van der Waals surface area contributed by atoms with Crippen molar-refractivity contribution < 1.29 is 48.3 Å². The van der Waals surface area contributed by atoms with E-state index < -0.39 is 87.8 Å². The Kier molecular flexibility index (Phi) is 17.8. The summed E-state index contributed by atoms with van der Waals surface area (Å²) >= 11 is 0. The first-order chi connectivity index (χ1) is 32.0. The number of aliphatic carboxylic acids is 1. The van der Waals surface area contributed by atoms with Gasteiger partial charge in [0.1, 0.15) is 23.4 Å². The van der Waals surface area contributed by atoms with Gasteiger partial charge < -0.3 is 32.1 Å². The number of nitrogens with two attached hydrogens (primary N) is 1. The molecule has 4 unspecified atom stereocenters. The second-order valence-electron chi connectivity index (χ2n) is 20.3. The van der Waals surface area contributed by atoms with Gasteiger partial charge in [-0.1, -0.05) is 111 Å². The van der Waals surface area contributed by atoms with E-state index >= 15 is 0 Å². The molecule has 4 amide bonds. The lowest BCUT2D eigenvalue weighted by atomic mass is 9.78. The molecule has 0 aliphatic rings. The number of rotatable bonds is 24. The number of amides is 4. The van der Waals surface area contributed by atoms with E-state index in [9.17, 15) is 48.3 Å².